The Morgan fingerprint density at radius 3 is 2.29 bits per heavy atom. The molecule has 0 amide bonds. The molecule has 0 bridgehead atoms. The summed E-state index contributed by atoms with van der Waals surface area (Å²) in [6, 6.07) is 13.0. The van der Waals surface area contributed by atoms with Gasteiger partial charge in [0.05, 0.1) is 10.8 Å². The van der Waals surface area contributed by atoms with Gasteiger partial charge in [0.2, 0.25) is 10.0 Å². The van der Waals surface area contributed by atoms with E-state index in [0.29, 0.717) is 30.8 Å². The molecule has 0 N–H and O–H groups in total. The summed E-state index contributed by atoms with van der Waals surface area (Å²) < 4.78 is 33.2. The Balaban J connectivity index is 1.39. The van der Waals surface area contributed by atoms with Gasteiger partial charge in [0, 0.05) is 13.1 Å². The Bertz CT molecular complexity index is 942. The third-order valence-electron chi connectivity index (χ3n) is 5.98. The number of carbonyl (C=O) groups is 1. The average molecular weight is 402 g/mol. The molecule has 4 rings (SSSR count). The molecule has 2 aliphatic rings. The van der Waals surface area contributed by atoms with Crippen LogP contribution in [0.5, 0.6) is 0 Å². The van der Waals surface area contributed by atoms with E-state index < -0.39 is 10.0 Å². The maximum absolute atomic E-state index is 13.0. The number of benzene rings is 2. The zero-order chi connectivity index (χ0) is 19.6. The Kier molecular flexibility index (Phi) is 5.69. The molecule has 28 heavy (non-hydrogen) atoms. The largest absolute Gasteiger partial charge is 0.462 e. The number of carbonyl (C=O) groups excluding carboxylic acids is 1. The van der Waals surface area contributed by atoms with Crippen molar-refractivity contribution in [2.24, 2.45) is 5.92 Å². The van der Waals surface area contributed by atoms with Gasteiger partial charge >= 0.3 is 5.97 Å². The standard InChI is InChI=1S/C22H27NO4S/c24-22(27-20-8-2-1-3-9-20)18-12-14-23(15-13-18)28(25,26)21-11-10-17-6-4-5-7-19(17)16-21/h4-7,10-11,16,18,20H,1-3,8-9,12-15H2. The third kappa shape index (κ3) is 4.08. The zero-order valence-electron chi connectivity index (χ0n) is 16.0. The molecule has 1 saturated carbocycles. The smallest absolute Gasteiger partial charge is 0.309 e. The molecule has 0 unspecified atom stereocenters. The van der Waals surface area contributed by atoms with Gasteiger partial charge in [-0.3, -0.25) is 4.79 Å². The molecule has 5 nitrogen and oxygen atoms in total. The van der Waals surface area contributed by atoms with Crippen molar-refractivity contribution in [1.29, 1.82) is 0 Å². The first-order chi connectivity index (χ1) is 13.5. The second-order valence-corrected chi connectivity index (χ2v) is 9.82. The lowest BCUT2D eigenvalue weighted by molar-refractivity contribution is -0.156. The second-order valence-electron chi connectivity index (χ2n) is 7.88. The summed E-state index contributed by atoms with van der Waals surface area (Å²) in [5.74, 6) is -0.334. The summed E-state index contributed by atoms with van der Waals surface area (Å²) in [4.78, 5) is 12.8. The molecule has 0 radical (unpaired) electrons. The molecule has 1 saturated heterocycles. The molecular formula is C22H27NO4S. The minimum Gasteiger partial charge on any atom is -0.462 e. The fraction of sp³-hybridized carbons (Fsp3) is 0.500. The van der Waals surface area contributed by atoms with Crippen LogP contribution in [0.2, 0.25) is 0 Å². The molecule has 1 heterocycles. The number of hydrogen-bond donors (Lipinski definition) is 0. The zero-order valence-corrected chi connectivity index (χ0v) is 16.9. The third-order valence-corrected chi connectivity index (χ3v) is 7.88. The SMILES string of the molecule is O=C(OC1CCCCC1)C1CCN(S(=O)(=O)c2ccc3ccccc3c2)CC1. The number of sulfonamides is 1. The monoisotopic (exact) mass is 401 g/mol. The molecule has 0 spiro atoms. The van der Waals surface area contributed by atoms with Gasteiger partial charge in [-0.1, -0.05) is 36.8 Å². The van der Waals surface area contributed by atoms with Crippen LogP contribution in [0.4, 0.5) is 0 Å². The van der Waals surface area contributed by atoms with E-state index in [9.17, 15) is 13.2 Å². The summed E-state index contributed by atoms with van der Waals surface area (Å²) in [6.45, 7) is 0.721. The average Bonchev–Trinajstić information content (AvgIpc) is 2.74. The van der Waals surface area contributed by atoms with Crippen LogP contribution in [0.1, 0.15) is 44.9 Å². The molecule has 0 aromatic heterocycles. The van der Waals surface area contributed by atoms with Crippen molar-refractivity contribution in [3.05, 3.63) is 42.5 Å². The van der Waals surface area contributed by atoms with E-state index in [1.807, 2.05) is 30.3 Å². The molecule has 2 aromatic carbocycles. The van der Waals surface area contributed by atoms with E-state index >= 15 is 0 Å². The van der Waals surface area contributed by atoms with Crippen LogP contribution in [0, 0.1) is 5.92 Å². The lowest BCUT2D eigenvalue weighted by atomic mass is 9.96. The topological polar surface area (TPSA) is 63.7 Å². The van der Waals surface area contributed by atoms with Crippen LogP contribution >= 0.6 is 0 Å². The molecule has 0 atom stereocenters. The van der Waals surface area contributed by atoms with Crippen molar-refractivity contribution in [2.75, 3.05) is 13.1 Å². The van der Waals surface area contributed by atoms with Crippen LogP contribution in [0.25, 0.3) is 10.8 Å². The van der Waals surface area contributed by atoms with Crippen molar-refractivity contribution in [3.8, 4) is 0 Å². The van der Waals surface area contributed by atoms with E-state index in [-0.39, 0.29) is 18.0 Å². The van der Waals surface area contributed by atoms with Crippen molar-refractivity contribution >= 4 is 26.8 Å². The molecule has 1 aliphatic carbocycles. The van der Waals surface area contributed by atoms with E-state index in [2.05, 4.69) is 0 Å². The van der Waals surface area contributed by atoms with Crippen LogP contribution in [0.15, 0.2) is 47.4 Å². The summed E-state index contributed by atoms with van der Waals surface area (Å²) in [6.07, 6.45) is 6.50. The van der Waals surface area contributed by atoms with E-state index in [1.54, 1.807) is 12.1 Å². The number of rotatable bonds is 4. The first-order valence-corrected chi connectivity index (χ1v) is 11.7. The fourth-order valence-electron chi connectivity index (χ4n) is 4.25. The summed E-state index contributed by atoms with van der Waals surface area (Å²) in [7, 11) is -3.55. The Hall–Kier alpha value is -1.92. The summed E-state index contributed by atoms with van der Waals surface area (Å²) in [5.41, 5.74) is 0. The minimum atomic E-state index is -3.55. The number of esters is 1. The molecule has 1 aliphatic heterocycles. The Morgan fingerprint density at radius 1 is 0.893 bits per heavy atom. The van der Waals surface area contributed by atoms with Gasteiger partial charge in [0.1, 0.15) is 6.10 Å². The molecule has 2 fully saturated rings. The predicted octanol–water partition coefficient (Wildman–Crippen LogP) is 4.12. The van der Waals surface area contributed by atoms with Crippen molar-refractivity contribution in [2.45, 2.75) is 55.9 Å². The minimum absolute atomic E-state index is 0.0561. The van der Waals surface area contributed by atoms with Gasteiger partial charge in [-0.2, -0.15) is 4.31 Å². The normalized spacial score (nSPS) is 20.3. The quantitative estimate of drug-likeness (QED) is 0.723. The number of fused-ring (bicyclic) bond motifs is 1. The van der Waals surface area contributed by atoms with E-state index in [4.69, 9.17) is 4.74 Å². The Labute approximate surface area is 166 Å². The highest BCUT2D eigenvalue weighted by molar-refractivity contribution is 7.89. The predicted molar refractivity (Wildman–Crippen MR) is 108 cm³/mol. The van der Waals surface area contributed by atoms with Crippen molar-refractivity contribution in [1.82, 2.24) is 4.31 Å². The Morgan fingerprint density at radius 2 is 1.57 bits per heavy atom. The summed E-state index contributed by atoms with van der Waals surface area (Å²) >= 11 is 0. The highest BCUT2D eigenvalue weighted by Gasteiger charge is 2.33. The number of piperidine rings is 1. The van der Waals surface area contributed by atoms with Gasteiger partial charge in [-0.25, -0.2) is 8.42 Å². The van der Waals surface area contributed by atoms with E-state index in [1.165, 1.54) is 10.7 Å². The second kappa shape index (κ2) is 8.21. The van der Waals surface area contributed by atoms with Crippen molar-refractivity contribution < 1.29 is 17.9 Å². The van der Waals surface area contributed by atoms with Gasteiger partial charge in [0.25, 0.3) is 0 Å². The lowest BCUT2D eigenvalue weighted by Gasteiger charge is -2.31. The number of ether oxygens (including phenoxy) is 1. The maximum Gasteiger partial charge on any atom is 0.309 e. The van der Waals surface area contributed by atoms with Gasteiger partial charge in [-0.05, 0) is 61.4 Å². The maximum atomic E-state index is 13.0. The van der Waals surface area contributed by atoms with Crippen LogP contribution in [-0.2, 0) is 19.6 Å². The summed E-state index contributed by atoms with van der Waals surface area (Å²) in [5, 5.41) is 1.93. The number of hydrogen-bond acceptors (Lipinski definition) is 4. The first kappa shape index (κ1) is 19.4. The van der Waals surface area contributed by atoms with Gasteiger partial charge in [0.15, 0.2) is 0 Å². The molecule has 6 heteroatoms. The number of nitrogens with zero attached hydrogens (tertiary/aromatic N) is 1. The molecular weight excluding hydrogens is 374 g/mol. The lowest BCUT2D eigenvalue weighted by Crippen LogP contribution is -2.41. The van der Waals surface area contributed by atoms with E-state index in [0.717, 1.165) is 36.5 Å². The van der Waals surface area contributed by atoms with Crippen LogP contribution in [-0.4, -0.2) is 37.9 Å². The van der Waals surface area contributed by atoms with Crippen molar-refractivity contribution in [3.63, 3.8) is 0 Å². The molecule has 2 aromatic rings. The highest BCUT2D eigenvalue weighted by atomic mass is 32.2. The van der Waals surface area contributed by atoms with Gasteiger partial charge in [-0.15, -0.1) is 0 Å². The van der Waals surface area contributed by atoms with Crippen LogP contribution in [0.3, 0.4) is 0 Å². The fourth-order valence-corrected chi connectivity index (χ4v) is 5.76. The van der Waals surface area contributed by atoms with Gasteiger partial charge < -0.3 is 4.74 Å². The highest BCUT2D eigenvalue weighted by Crippen LogP contribution is 2.28. The van der Waals surface area contributed by atoms with Crippen LogP contribution < -0.4 is 0 Å². The first-order valence-electron chi connectivity index (χ1n) is 10.2. The molecule has 150 valence electrons.